The number of aliphatic hydroxyl groups excluding tert-OH is 2. The summed E-state index contributed by atoms with van der Waals surface area (Å²) in [6, 6.07) is 0.318. The lowest BCUT2D eigenvalue weighted by Crippen LogP contribution is -2.94. The van der Waals surface area contributed by atoms with E-state index in [-0.39, 0.29) is 6.54 Å². The minimum Gasteiger partial charge on any atom is -0.748 e. The second-order valence-corrected chi connectivity index (χ2v) is 7.45. The fourth-order valence-electron chi connectivity index (χ4n) is 3.08. The maximum absolute atomic E-state index is 10.7. The Kier molecular flexibility index (Phi) is 5.24. The van der Waals surface area contributed by atoms with Crippen molar-refractivity contribution in [2.75, 3.05) is 12.3 Å². The third-order valence-electron chi connectivity index (χ3n) is 4.28. The Morgan fingerprint density at radius 1 is 1.24 bits per heavy atom. The lowest BCUT2D eigenvalue weighted by atomic mass is 9.95. The van der Waals surface area contributed by atoms with Crippen LogP contribution in [0.2, 0.25) is 0 Å². The molecule has 0 bridgehead atoms. The maximum atomic E-state index is 10.7. The van der Waals surface area contributed by atoms with Crippen LogP contribution in [0.5, 0.6) is 0 Å². The topological polar surface area (TPSA) is 144 Å². The van der Waals surface area contributed by atoms with Crippen molar-refractivity contribution in [3.05, 3.63) is 0 Å². The molecule has 1 saturated heterocycles. The summed E-state index contributed by atoms with van der Waals surface area (Å²) < 4.78 is 37.3. The van der Waals surface area contributed by atoms with E-state index >= 15 is 0 Å². The molecular weight excluding hydrogens is 302 g/mol. The first-order chi connectivity index (χ1) is 9.71. The number of aliphatic hydroxyl groups is 3. The Morgan fingerprint density at radius 3 is 2.43 bits per heavy atom. The van der Waals surface area contributed by atoms with Crippen LogP contribution in [0.3, 0.4) is 0 Å². The number of rotatable bonds is 5. The highest BCUT2D eigenvalue weighted by atomic mass is 32.2. The Bertz CT molecular complexity index is 451. The van der Waals surface area contributed by atoms with Crippen molar-refractivity contribution in [3.8, 4) is 0 Å². The van der Waals surface area contributed by atoms with Gasteiger partial charge >= 0.3 is 0 Å². The smallest absolute Gasteiger partial charge is 0.246 e. The molecule has 0 aromatic heterocycles. The van der Waals surface area contributed by atoms with E-state index in [4.69, 9.17) is 4.74 Å². The van der Waals surface area contributed by atoms with Crippen molar-refractivity contribution < 1.29 is 38.3 Å². The zero-order valence-corrected chi connectivity index (χ0v) is 12.5. The average Bonchev–Trinajstić information content (AvgIpc) is 2.61. The summed E-state index contributed by atoms with van der Waals surface area (Å²) in [5.41, 5.74) is 0. The molecule has 1 saturated carbocycles. The zero-order chi connectivity index (χ0) is 15.7. The lowest BCUT2D eigenvalue weighted by Gasteiger charge is -2.28. The van der Waals surface area contributed by atoms with Gasteiger partial charge in [0.2, 0.25) is 5.79 Å². The molecule has 5 N–H and O–H groups in total. The van der Waals surface area contributed by atoms with Gasteiger partial charge in [-0.1, -0.05) is 6.42 Å². The number of hydrogen-bond donors (Lipinski definition) is 4. The zero-order valence-electron chi connectivity index (χ0n) is 11.7. The third-order valence-corrected chi connectivity index (χ3v) is 5.02. The monoisotopic (exact) mass is 325 g/mol. The van der Waals surface area contributed by atoms with Gasteiger partial charge in [-0.05, 0) is 25.7 Å². The third kappa shape index (κ3) is 4.35. The van der Waals surface area contributed by atoms with Gasteiger partial charge in [0.15, 0.2) is 0 Å². The Morgan fingerprint density at radius 2 is 1.86 bits per heavy atom. The van der Waals surface area contributed by atoms with Gasteiger partial charge in [0.25, 0.3) is 0 Å². The maximum Gasteiger partial charge on any atom is 0.246 e. The van der Waals surface area contributed by atoms with Crippen molar-refractivity contribution in [1.82, 2.24) is 0 Å². The van der Waals surface area contributed by atoms with E-state index in [9.17, 15) is 28.3 Å². The van der Waals surface area contributed by atoms with E-state index in [1.54, 1.807) is 0 Å². The number of nitrogens with two attached hydrogens (primary N) is 1. The summed E-state index contributed by atoms with van der Waals surface area (Å²) in [7, 11) is -4.62. The quantitative estimate of drug-likeness (QED) is 0.401. The minimum atomic E-state index is -4.62. The molecule has 0 aromatic rings. The van der Waals surface area contributed by atoms with Crippen LogP contribution in [0.1, 0.15) is 32.1 Å². The fourth-order valence-corrected chi connectivity index (χ4v) is 3.75. The normalized spacial score (nSPS) is 38.8. The van der Waals surface area contributed by atoms with E-state index in [0.717, 1.165) is 25.7 Å². The molecule has 9 heteroatoms. The molecule has 0 radical (unpaired) electrons. The van der Waals surface area contributed by atoms with Crippen LogP contribution in [-0.2, 0) is 14.9 Å². The number of quaternary nitrogens is 1. The first kappa shape index (κ1) is 17.1. The van der Waals surface area contributed by atoms with Gasteiger partial charge in [0.1, 0.15) is 24.9 Å². The predicted octanol–water partition coefficient (Wildman–Crippen LogP) is -2.76. The summed E-state index contributed by atoms with van der Waals surface area (Å²) in [6.45, 7) is -0.00863. The molecular formula is C12H23NO7S. The van der Waals surface area contributed by atoms with Crippen LogP contribution >= 0.6 is 0 Å². The van der Waals surface area contributed by atoms with Crippen LogP contribution in [-0.4, -0.2) is 70.7 Å². The number of hydrogen-bond acceptors (Lipinski definition) is 7. The average molecular weight is 325 g/mol. The Balaban J connectivity index is 1.94. The second-order valence-electron chi connectivity index (χ2n) is 6.00. The Labute approximate surface area is 123 Å². The molecule has 21 heavy (non-hydrogen) atoms. The highest BCUT2D eigenvalue weighted by Crippen LogP contribution is 2.29. The van der Waals surface area contributed by atoms with Crippen LogP contribution in [0.25, 0.3) is 0 Å². The summed E-state index contributed by atoms with van der Waals surface area (Å²) >= 11 is 0. The summed E-state index contributed by atoms with van der Waals surface area (Å²) in [4.78, 5) is 0. The van der Waals surface area contributed by atoms with Gasteiger partial charge in [0, 0.05) is 0 Å². The van der Waals surface area contributed by atoms with Crippen LogP contribution in [0.4, 0.5) is 0 Å². The first-order valence-electron chi connectivity index (χ1n) is 7.24. The van der Waals surface area contributed by atoms with E-state index in [0.29, 0.717) is 6.04 Å². The molecule has 4 atom stereocenters. The van der Waals surface area contributed by atoms with Gasteiger partial charge in [-0.2, -0.15) is 0 Å². The van der Waals surface area contributed by atoms with Crippen LogP contribution in [0, 0.1) is 0 Å². The molecule has 0 spiro atoms. The summed E-state index contributed by atoms with van der Waals surface area (Å²) in [6.07, 6.45) is 0.788. The van der Waals surface area contributed by atoms with Gasteiger partial charge < -0.3 is 29.9 Å². The molecule has 2 fully saturated rings. The Hall–Kier alpha value is -0.290. The fraction of sp³-hybridized carbons (Fsp3) is 1.00. The van der Waals surface area contributed by atoms with Crippen LogP contribution in [0.15, 0.2) is 0 Å². The molecule has 1 aliphatic heterocycles. The van der Waals surface area contributed by atoms with Crippen LogP contribution < -0.4 is 5.32 Å². The van der Waals surface area contributed by atoms with Crippen molar-refractivity contribution in [1.29, 1.82) is 0 Å². The van der Waals surface area contributed by atoms with E-state index < -0.39 is 40.0 Å². The highest BCUT2D eigenvalue weighted by Gasteiger charge is 2.55. The van der Waals surface area contributed by atoms with Gasteiger partial charge in [0.05, 0.1) is 21.9 Å². The molecule has 2 aliphatic rings. The molecule has 1 aliphatic carbocycles. The summed E-state index contributed by atoms with van der Waals surface area (Å²) in [5.74, 6) is -3.01. The lowest BCUT2D eigenvalue weighted by molar-refractivity contribution is -0.711. The van der Waals surface area contributed by atoms with Crippen molar-refractivity contribution in [2.24, 2.45) is 0 Å². The molecule has 1 heterocycles. The van der Waals surface area contributed by atoms with Gasteiger partial charge in [-0.3, -0.25) is 0 Å². The van der Waals surface area contributed by atoms with E-state index in [1.807, 2.05) is 5.32 Å². The van der Waals surface area contributed by atoms with E-state index in [1.165, 1.54) is 6.42 Å². The highest BCUT2D eigenvalue weighted by molar-refractivity contribution is 7.85. The van der Waals surface area contributed by atoms with E-state index in [2.05, 4.69) is 0 Å². The molecule has 8 nitrogen and oxygen atoms in total. The van der Waals surface area contributed by atoms with Gasteiger partial charge in [-0.25, -0.2) is 8.42 Å². The standard InChI is InChI=1S/C12H23NO7S/c14-10-9(6-21(17,18)19)20-12(16,11(10)15)7-13-8-4-2-1-3-5-8/h8-11,13-16H,1-7H2,(H,17,18,19)/t9-,10+,11+,12-/m1/s1. The van der Waals surface area contributed by atoms with Crippen molar-refractivity contribution in [2.45, 2.75) is 62.2 Å². The second kappa shape index (κ2) is 6.45. The molecule has 2 rings (SSSR count). The molecule has 0 unspecified atom stereocenters. The van der Waals surface area contributed by atoms with Crippen molar-refractivity contribution in [3.63, 3.8) is 0 Å². The first-order valence-corrected chi connectivity index (χ1v) is 8.82. The van der Waals surface area contributed by atoms with Gasteiger partial charge in [-0.15, -0.1) is 0 Å². The molecule has 0 amide bonds. The molecule has 124 valence electrons. The predicted molar refractivity (Wildman–Crippen MR) is 70.1 cm³/mol. The SMILES string of the molecule is O=S(=O)([O-])C[C@H]1O[C@](O)(C[NH2+]C2CCCCC2)[C@@H](O)[C@H]1O. The minimum absolute atomic E-state index is 0.00863. The largest absolute Gasteiger partial charge is 0.748 e. The molecule has 0 aromatic carbocycles. The summed E-state index contributed by atoms with van der Waals surface area (Å²) in [5, 5.41) is 31.7. The number of ether oxygens (including phenoxy) is 1. The van der Waals surface area contributed by atoms with Crippen molar-refractivity contribution >= 4 is 10.1 Å².